The number of rotatable bonds is 9. The number of carbonyl (C=O) groups is 1. The Morgan fingerprint density at radius 3 is 2.50 bits per heavy atom. The lowest BCUT2D eigenvalue weighted by atomic mass is 10.1. The fraction of sp³-hybridized carbons (Fsp3) is 0.900. The molecule has 84 valence electrons. The smallest absolute Gasteiger partial charge is 0.305 e. The lowest BCUT2D eigenvalue weighted by molar-refractivity contribution is -0.138. The molecule has 4 nitrogen and oxygen atoms in total. The highest BCUT2D eigenvalue weighted by Crippen LogP contribution is 1.99. The molecular weight excluding hydrogens is 184 g/mol. The summed E-state index contributed by atoms with van der Waals surface area (Å²) in [6.45, 7) is 6.29. The number of hydrogen-bond acceptors (Lipinski definition) is 3. The predicted molar refractivity (Wildman–Crippen MR) is 53.3 cm³/mol. The molecule has 0 bridgehead atoms. The minimum atomic E-state index is -0.828. The lowest BCUT2D eigenvalue weighted by Gasteiger charge is -2.09. The van der Waals surface area contributed by atoms with E-state index in [1.807, 2.05) is 0 Å². The van der Waals surface area contributed by atoms with Gasteiger partial charge in [0.2, 0.25) is 0 Å². The first-order valence-corrected chi connectivity index (χ1v) is 5.04. The molecule has 14 heavy (non-hydrogen) atoms. The Kier molecular flexibility index (Phi) is 8.57. The summed E-state index contributed by atoms with van der Waals surface area (Å²) in [6, 6.07) is 0. The van der Waals surface area contributed by atoms with Gasteiger partial charge >= 0.3 is 5.97 Å². The number of hydrogen-bond donors (Lipinski definition) is 1. The van der Waals surface area contributed by atoms with E-state index in [1.165, 1.54) is 0 Å². The van der Waals surface area contributed by atoms with Crippen LogP contribution in [0.3, 0.4) is 0 Å². The van der Waals surface area contributed by atoms with Crippen LogP contribution in [0.5, 0.6) is 0 Å². The Labute approximate surface area is 85.2 Å². The zero-order valence-corrected chi connectivity index (χ0v) is 8.99. The summed E-state index contributed by atoms with van der Waals surface area (Å²) >= 11 is 0. The maximum Gasteiger partial charge on any atom is 0.305 e. The average Bonchev–Trinajstić information content (AvgIpc) is 2.15. The van der Waals surface area contributed by atoms with Crippen LogP contribution in [0.4, 0.5) is 0 Å². The maximum atomic E-state index is 10.1. The Balaban J connectivity index is 3.02. The summed E-state index contributed by atoms with van der Waals surface area (Å²) in [5, 5.41) is 8.31. The minimum absolute atomic E-state index is 0.0609. The van der Waals surface area contributed by atoms with E-state index in [1.54, 1.807) is 0 Å². The maximum absolute atomic E-state index is 10.1. The molecule has 0 spiro atoms. The third-order valence-corrected chi connectivity index (χ3v) is 1.93. The summed E-state index contributed by atoms with van der Waals surface area (Å²) < 4.78 is 10.4. The molecule has 0 aliphatic rings. The highest BCUT2D eigenvalue weighted by Gasteiger charge is 1.99. The van der Waals surface area contributed by atoms with Crippen molar-refractivity contribution < 1.29 is 19.4 Å². The third-order valence-electron chi connectivity index (χ3n) is 1.93. The van der Waals surface area contributed by atoms with Crippen LogP contribution >= 0.6 is 0 Å². The molecule has 0 aliphatic carbocycles. The molecule has 0 aromatic carbocycles. The molecular formula is C10H20O4. The van der Waals surface area contributed by atoms with Gasteiger partial charge in [0.15, 0.2) is 0 Å². The first-order valence-electron chi connectivity index (χ1n) is 5.04. The average molecular weight is 204 g/mol. The third kappa shape index (κ3) is 9.48. The van der Waals surface area contributed by atoms with Gasteiger partial charge in [0.05, 0.1) is 26.2 Å². The van der Waals surface area contributed by atoms with E-state index in [2.05, 4.69) is 13.8 Å². The van der Waals surface area contributed by atoms with E-state index in [-0.39, 0.29) is 13.0 Å². The van der Waals surface area contributed by atoms with Gasteiger partial charge in [-0.25, -0.2) is 0 Å². The highest BCUT2D eigenvalue weighted by molar-refractivity contribution is 5.66. The van der Waals surface area contributed by atoms with Crippen molar-refractivity contribution in [3.05, 3.63) is 0 Å². The quantitative estimate of drug-likeness (QED) is 0.579. The Bertz CT molecular complexity index is 147. The van der Waals surface area contributed by atoms with Gasteiger partial charge in [-0.15, -0.1) is 0 Å². The Morgan fingerprint density at radius 2 is 1.93 bits per heavy atom. The summed E-state index contributed by atoms with van der Waals surface area (Å²) in [6.07, 6.45) is 1.17. The number of ether oxygens (including phenoxy) is 2. The number of carboxylic acid groups (broad SMARTS) is 1. The second-order valence-corrected chi connectivity index (χ2v) is 3.34. The molecule has 0 saturated carbocycles. The molecule has 1 atom stereocenters. The van der Waals surface area contributed by atoms with E-state index < -0.39 is 5.97 Å². The molecule has 4 heteroatoms. The van der Waals surface area contributed by atoms with Crippen molar-refractivity contribution >= 4 is 5.97 Å². The molecule has 0 radical (unpaired) electrons. The van der Waals surface area contributed by atoms with Crippen molar-refractivity contribution in [3.63, 3.8) is 0 Å². The molecule has 1 unspecified atom stereocenters. The molecule has 0 rings (SSSR count). The summed E-state index contributed by atoms with van der Waals surface area (Å²) in [5.41, 5.74) is 0. The molecule has 0 aliphatic heterocycles. The van der Waals surface area contributed by atoms with Crippen molar-refractivity contribution in [2.24, 2.45) is 5.92 Å². The molecule has 0 aromatic rings. The molecule has 0 fully saturated rings. The van der Waals surface area contributed by atoms with E-state index in [9.17, 15) is 4.79 Å². The summed E-state index contributed by atoms with van der Waals surface area (Å²) in [4.78, 5) is 10.1. The molecule has 0 amide bonds. The molecule has 0 aromatic heterocycles. The first kappa shape index (κ1) is 13.4. The van der Waals surface area contributed by atoms with Crippen LogP contribution in [0.2, 0.25) is 0 Å². The van der Waals surface area contributed by atoms with Gasteiger partial charge in [-0.2, -0.15) is 0 Å². The van der Waals surface area contributed by atoms with E-state index in [0.717, 1.165) is 13.0 Å². The minimum Gasteiger partial charge on any atom is -0.481 e. The number of aliphatic carboxylic acids is 1. The van der Waals surface area contributed by atoms with Crippen LogP contribution in [0.15, 0.2) is 0 Å². The topological polar surface area (TPSA) is 55.8 Å². The van der Waals surface area contributed by atoms with Gasteiger partial charge in [-0.3, -0.25) is 4.79 Å². The van der Waals surface area contributed by atoms with Crippen LogP contribution in [0, 0.1) is 5.92 Å². The number of carboxylic acids is 1. The van der Waals surface area contributed by atoms with Crippen molar-refractivity contribution in [2.75, 3.05) is 26.4 Å². The molecule has 0 saturated heterocycles. The van der Waals surface area contributed by atoms with Crippen molar-refractivity contribution in [3.8, 4) is 0 Å². The standard InChI is InChI=1S/C10H20O4/c1-3-9(2)8-14-7-6-13-5-4-10(11)12/h9H,3-8H2,1-2H3,(H,11,12). The van der Waals surface area contributed by atoms with Gasteiger partial charge in [0, 0.05) is 6.61 Å². The van der Waals surface area contributed by atoms with Crippen LogP contribution in [-0.4, -0.2) is 37.5 Å². The summed E-state index contributed by atoms with van der Waals surface area (Å²) in [7, 11) is 0. The SMILES string of the molecule is CCC(C)COCCOCCC(=O)O. The summed E-state index contributed by atoms with van der Waals surface area (Å²) in [5.74, 6) is -0.250. The van der Waals surface area contributed by atoms with Crippen LogP contribution in [-0.2, 0) is 14.3 Å². The largest absolute Gasteiger partial charge is 0.481 e. The Hall–Kier alpha value is -0.610. The van der Waals surface area contributed by atoms with Crippen LogP contribution in [0.25, 0.3) is 0 Å². The van der Waals surface area contributed by atoms with E-state index >= 15 is 0 Å². The van der Waals surface area contributed by atoms with Crippen molar-refractivity contribution in [2.45, 2.75) is 26.7 Å². The van der Waals surface area contributed by atoms with Gasteiger partial charge in [-0.1, -0.05) is 20.3 Å². The van der Waals surface area contributed by atoms with Gasteiger partial charge in [-0.05, 0) is 5.92 Å². The van der Waals surface area contributed by atoms with Gasteiger partial charge in [0.1, 0.15) is 0 Å². The molecule has 1 N–H and O–H groups in total. The zero-order valence-electron chi connectivity index (χ0n) is 8.99. The monoisotopic (exact) mass is 204 g/mol. The van der Waals surface area contributed by atoms with Crippen LogP contribution in [0.1, 0.15) is 26.7 Å². The van der Waals surface area contributed by atoms with Gasteiger partial charge in [0.25, 0.3) is 0 Å². The lowest BCUT2D eigenvalue weighted by Crippen LogP contribution is -2.11. The highest BCUT2D eigenvalue weighted by atomic mass is 16.5. The van der Waals surface area contributed by atoms with Gasteiger partial charge < -0.3 is 14.6 Å². The first-order chi connectivity index (χ1) is 6.66. The second-order valence-electron chi connectivity index (χ2n) is 3.34. The second kappa shape index (κ2) is 8.97. The fourth-order valence-electron chi connectivity index (χ4n) is 0.782. The zero-order chi connectivity index (χ0) is 10.8. The van der Waals surface area contributed by atoms with E-state index in [0.29, 0.717) is 19.1 Å². The molecule has 0 heterocycles. The van der Waals surface area contributed by atoms with E-state index in [4.69, 9.17) is 14.6 Å². The van der Waals surface area contributed by atoms with Crippen molar-refractivity contribution in [1.82, 2.24) is 0 Å². The normalized spacial score (nSPS) is 12.7. The Morgan fingerprint density at radius 1 is 1.29 bits per heavy atom. The predicted octanol–water partition coefficient (Wildman–Crippen LogP) is 1.54. The fourth-order valence-corrected chi connectivity index (χ4v) is 0.782. The van der Waals surface area contributed by atoms with Crippen LogP contribution < -0.4 is 0 Å². The van der Waals surface area contributed by atoms with Crippen molar-refractivity contribution in [1.29, 1.82) is 0 Å².